The monoisotopic (exact) mass is 876 g/mol. The van der Waals surface area contributed by atoms with E-state index in [1.165, 1.54) is 12.1 Å². The van der Waals surface area contributed by atoms with Gasteiger partial charge in [-0.15, -0.1) is 0 Å². The molecule has 3 aliphatic carbocycles. The van der Waals surface area contributed by atoms with Crippen LogP contribution in [0.4, 0.5) is 14.5 Å². The Balaban J connectivity index is 1.21. The number of allylic oxidation sites excluding steroid dienone is 2. The lowest BCUT2D eigenvalue weighted by molar-refractivity contribution is -0.314. The molecule has 3 aliphatic heterocycles. The van der Waals surface area contributed by atoms with Crippen molar-refractivity contribution in [3.05, 3.63) is 41.5 Å². The van der Waals surface area contributed by atoms with Crippen LogP contribution < -0.4 is 5.32 Å². The fraction of sp³-hybridized carbons (Fsp3) is 0.787. The molecule has 6 aliphatic rings. The van der Waals surface area contributed by atoms with E-state index in [9.17, 15) is 14.3 Å². The lowest BCUT2D eigenvalue weighted by Crippen LogP contribution is -2.59. The Hall–Kier alpha value is -2.60. The van der Waals surface area contributed by atoms with E-state index >= 15 is 9.18 Å². The smallest absolute Gasteiger partial charge is 0.306 e. The number of methoxy groups -OCH3 is 3. The van der Waals surface area contributed by atoms with Crippen molar-refractivity contribution < 1.29 is 61.4 Å². The molecule has 62 heavy (non-hydrogen) atoms. The quantitative estimate of drug-likeness (QED) is 0.250. The van der Waals surface area contributed by atoms with Crippen LogP contribution in [-0.2, 0) is 47.5 Å². The first-order valence-corrected chi connectivity index (χ1v) is 22.9. The van der Waals surface area contributed by atoms with E-state index in [2.05, 4.69) is 17.1 Å². The zero-order valence-electron chi connectivity index (χ0n) is 37.9. The van der Waals surface area contributed by atoms with Crippen molar-refractivity contribution in [2.45, 2.75) is 165 Å². The lowest BCUT2D eigenvalue weighted by atomic mass is 9.62. The number of halogens is 2. The van der Waals surface area contributed by atoms with E-state index in [-0.39, 0.29) is 66.1 Å². The first-order valence-electron chi connectivity index (χ1n) is 22.9. The van der Waals surface area contributed by atoms with E-state index in [0.717, 1.165) is 12.5 Å². The molecule has 7 rings (SSSR count). The zero-order chi connectivity index (χ0) is 44.6. The molecule has 2 N–H and O–H groups in total. The van der Waals surface area contributed by atoms with E-state index in [1.54, 1.807) is 21.3 Å². The third kappa shape index (κ3) is 9.67. The average Bonchev–Trinajstić information content (AvgIpc) is 3.82. The number of hydrogen-bond donors (Lipinski definition) is 2. The standard InChI is InChI=1S/C47H70F2N2O11/c1-10-27-12-11-13-37(62-39-17-16-36(51(5)6)24(3)58-39)23(2)42(53)33-21-30-29-19-28(61-47-46(57-9)45(56-8)44(55-7)25(4)59-47)20-32(29)41(50-35-15-14-26(48)18-34(35)49)43(54)40(30)31(33)22-38(52)60-27/h14-15,18,21,23-25,27-32,36-37,39-41,43-47,50,54H,10-13,16-17,19-20,22H2,1-9H3/t23-,24?,25?,27+,28+,29+,30+,31-,32-,36+,37+,39+,40-,41+,43+,44+,45?,46+,47+/m1/s1. The van der Waals surface area contributed by atoms with E-state index < -0.39 is 84.5 Å². The number of Topliss-reactive ketones (excluding diaryl/α,β-unsaturated/α-hetero) is 1. The Bertz CT molecular complexity index is 1740. The summed E-state index contributed by atoms with van der Waals surface area (Å²) in [5.41, 5.74) is 0.538. The van der Waals surface area contributed by atoms with Crippen LogP contribution >= 0.6 is 0 Å². The van der Waals surface area contributed by atoms with Gasteiger partial charge in [0.05, 0.1) is 48.7 Å². The van der Waals surface area contributed by atoms with Gasteiger partial charge in [-0.2, -0.15) is 0 Å². The third-order valence-corrected chi connectivity index (χ3v) is 15.1. The molecule has 3 saturated heterocycles. The molecule has 1 aromatic carbocycles. The van der Waals surface area contributed by atoms with Crippen LogP contribution in [-0.4, -0.2) is 137 Å². The maximum atomic E-state index is 15.4. The fourth-order valence-corrected chi connectivity index (χ4v) is 12.0. The highest BCUT2D eigenvalue weighted by Gasteiger charge is 2.60. The van der Waals surface area contributed by atoms with Crippen molar-refractivity contribution in [3.63, 3.8) is 0 Å². The van der Waals surface area contributed by atoms with Gasteiger partial charge in [0.1, 0.15) is 36.1 Å². The molecule has 5 fully saturated rings. The molecule has 3 unspecified atom stereocenters. The molecule has 3 heterocycles. The van der Waals surface area contributed by atoms with Crippen LogP contribution in [0.25, 0.3) is 0 Å². The number of carbonyl (C=O) groups excluding carboxylic acids is 2. The highest BCUT2D eigenvalue weighted by Crippen LogP contribution is 2.57. The van der Waals surface area contributed by atoms with Crippen molar-refractivity contribution in [1.82, 2.24) is 4.90 Å². The minimum absolute atomic E-state index is 0.0466. The number of ketones is 1. The number of hydrogen-bond acceptors (Lipinski definition) is 13. The number of cyclic esters (lactones) is 1. The van der Waals surface area contributed by atoms with E-state index in [1.807, 2.05) is 40.9 Å². The van der Waals surface area contributed by atoms with Crippen molar-refractivity contribution >= 4 is 17.4 Å². The van der Waals surface area contributed by atoms with Gasteiger partial charge in [-0.1, -0.05) is 19.9 Å². The van der Waals surface area contributed by atoms with Gasteiger partial charge in [-0.25, -0.2) is 8.78 Å². The summed E-state index contributed by atoms with van der Waals surface area (Å²) >= 11 is 0. The van der Waals surface area contributed by atoms with Crippen LogP contribution in [0, 0.1) is 47.1 Å². The SMILES string of the molecule is CC[C@H]1CCC[C@H](O[C@H]2CC[C@H](N(C)C)C(C)O2)[C@@H](C)C(=O)C2=C[C@H]3[C@@H]4C[C@H](O[C@@H]5OC(C)[C@H](OC)C(OC)[C@@H]5OC)C[C@H]4[C@H](Nc4ccc(F)cc4F)[C@@H](O)[C@H]3[C@@H]2CC(=O)O1. The van der Waals surface area contributed by atoms with Gasteiger partial charge < -0.3 is 53.2 Å². The summed E-state index contributed by atoms with van der Waals surface area (Å²) in [5, 5.41) is 15.9. The van der Waals surface area contributed by atoms with Gasteiger partial charge in [0.2, 0.25) is 0 Å². The number of benzene rings is 1. The molecule has 13 nitrogen and oxygen atoms in total. The second kappa shape index (κ2) is 20.3. The molecule has 0 spiro atoms. The summed E-state index contributed by atoms with van der Waals surface area (Å²) in [5.74, 6) is -4.66. The number of carbonyl (C=O) groups is 2. The summed E-state index contributed by atoms with van der Waals surface area (Å²) in [7, 11) is 8.86. The van der Waals surface area contributed by atoms with E-state index in [0.29, 0.717) is 50.5 Å². The molecule has 2 saturated carbocycles. The summed E-state index contributed by atoms with van der Waals surface area (Å²) in [4.78, 5) is 31.1. The van der Waals surface area contributed by atoms with Gasteiger partial charge in [0, 0.05) is 51.2 Å². The average molecular weight is 877 g/mol. The number of aliphatic hydroxyl groups excluding tert-OH is 1. The number of likely N-dealkylation sites (N-methyl/N-ethyl adjacent to an activating group) is 1. The minimum atomic E-state index is -1.14. The van der Waals surface area contributed by atoms with Crippen LogP contribution in [0.3, 0.4) is 0 Å². The van der Waals surface area contributed by atoms with E-state index in [4.69, 9.17) is 37.9 Å². The highest BCUT2D eigenvalue weighted by molar-refractivity contribution is 5.99. The van der Waals surface area contributed by atoms with Crippen LogP contribution in [0.2, 0.25) is 0 Å². The number of esters is 1. The number of nitrogens with one attached hydrogen (secondary N) is 1. The zero-order valence-corrected chi connectivity index (χ0v) is 37.9. The summed E-state index contributed by atoms with van der Waals surface area (Å²) < 4.78 is 79.3. The molecular formula is C47H70F2N2O11. The maximum absolute atomic E-state index is 15.4. The minimum Gasteiger partial charge on any atom is -0.462 e. The number of ether oxygens (including phenoxy) is 8. The molecule has 1 aromatic rings. The summed E-state index contributed by atoms with van der Waals surface area (Å²) in [6, 6.07) is 2.84. The Morgan fingerprint density at radius 2 is 1.61 bits per heavy atom. The molecule has 19 atom stereocenters. The number of rotatable bonds is 11. The predicted octanol–water partition coefficient (Wildman–Crippen LogP) is 6.05. The van der Waals surface area contributed by atoms with Gasteiger partial charge in [0.25, 0.3) is 0 Å². The van der Waals surface area contributed by atoms with Crippen molar-refractivity contribution in [2.75, 3.05) is 40.7 Å². The molecule has 15 heteroatoms. The number of anilines is 1. The normalized spacial score (nSPS) is 42.9. The number of fused-ring (bicyclic) bond motifs is 5. The van der Waals surface area contributed by atoms with Crippen LogP contribution in [0.1, 0.15) is 85.5 Å². The largest absolute Gasteiger partial charge is 0.462 e. The summed E-state index contributed by atoms with van der Waals surface area (Å²) in [6.45, 7) is 7.85. The van der Waals surface area contributed by atoms with Crippen molar-refractivity contribution in [3.8, 4) is 0 Å². The molecule has 348 valence electrons. The molecule has 0 amide bonds. The first kappa shape index (κ1) is 47.4. The second-order valence-electron chi connectivity index (χ2n) is 18.9. The topological polar surface area (TPSA) is 143 Å². The van der Waals surface area contributed by atoms with Gasteiger partial charge in [-0.05, 0) is 115 Å². The molecule has 0 aromatic heterocycles. The van der Waals surface area contributed by atoms with Gasteiger partial charge in [0.15, 0.2) is 18.4 Å². The van der Waals surface area contributed by atoms with Gasteiger partial charge >= 0.3 is 5.97 Å². The van der Waals surface area contributed by atoms with Gasteiger partial charge in [-0.3, -0.25) is 9.59 Å². The molecule has 0 bridgehead atoms. The first-order chi connectivity index (χ1) is 29.7. The number of nitrogens with zero attached hydrogens (tertiary/aromatic N) is 1. The Morgan fingerprint density at radius 3 is 2.27 bits per heavy atom. The maximum Gasteiger partial charge on any atom is 0.306 e. The highest BCUT2D eigenvalue weighted by atomic mass is 19.1. The van der Waals surface area contributed by atoms with Crippen molar-refractivity contribution in [1.29, 1.82) is 0 Å². The third-order valence-electron chi connectivity index (χ3n) is 15.1. The Kier molecular flexibility index (Phi) is 15.5. The summed E-state index contributed by atoms with van der Waals surface area (Å²) in [6.07, 6.45) is 1.57. The second-order valence-corrected chi connectivity index (χ2v) is 18.9. The Morgan fingerprint density at radius 1 is 0.887 bits per heavy atom. The van der Waals surface area contributed by atoms with Crippen LogP contribution in [0.15, 0.2) is 29.8 Å². The Labute approximate surface area is 365 Å². The van der Waals surface area contributed by atoms with Crippen LogP contribution in [0.5, 0.6) is 0 Å². The number of aliphatic hydroxyl groups is 1. The fourth-order valence-electron chi connectivity index (χ4n) is 12.0. The lowest BCUT2D eigenvalue weighted by Gasteiger charge is -2.47. The predicted molar refractivity (Wildman–Crippen MR) is 225 cm³/mol. The molecular weight excluding hydrogens is 807 g/mol. The molecule has 0 radical (unpaired) electrons. The van der Waals surface area contributed by atoms with Crippen molar-refractivity contribution in [2.24, 2.45) is 35.5 Å².